The molecule has 0 spiro atoms. The minimum absolute atomic E-state index is 0.0390. The Morgan fingerprint density at radius 2 is 1.55 bits per heavy atom. The molecule has 0 aromatic heterocycles. The van der Waals surface area contributed by atoms with Crippen LogP contribution in [-0.2, 0) is 20.7 Å². The van der Waals surface area contributed by atoms with Gasteiger partial charge in [-0.1, -0.05) is 73.3 Å². The highest BCUT2D eigenvalue weighted by molar-refractivity contribution is 5.82. The molecule has 2 N–H and O–H groups in total. The minimum Gasteiger partial charge on any atom is -0.508 e. The second-order valence-electron chi connectivity index (χ2n) is 7.81. The lowest BCUT2D eigenvalue weighted by Gasteiger charge is -2.19. The first kappa shape index (κ1) is 22.1. The Hall–Kier alpha value is -4.06. The standard InChI is InChI=1S/C27H25NO5/c1-2-15-32-26(30)25(16-18-11-13-19(29)14-12-18)28-27(31)33-17-24-22-9-5-3-7-20(22)21-8-4-6-10-23(21)24/h2-14,24-25,29H,1,15-17H2,(H,28,31)/t25-/m1/s1. The number of hydrogen-bond acceptors (Lipinski definition) is 5. The van der Waals surface area contributed by atoms with Crippen molar-refractivity contribution in [2.75, 3.05) is 13.2 Å². The zero-order chi connectivity index (χ0) is 23.2. The van der Waals surface area contributed by atoms with Crippen molar-refractivity contribution in [3.8, 4) is 16.9 Å². The Morgan fingerprint density at radius 3 is 2.15 bits per heavy atom. The first-order chi connectivity index (χ1) is 16.1. The van der Waals surface area contributed by atoms with Crippen LogP contribution in [0.2, 0.25) is 0 Å². The van der Waals surface area contributed by atoms with Gasteiger partial charge in [-0.15, -0.1) is 0 Å². The molecule has 0 saturated carbocycles. The molecule has 1 atom stereocenters. The number of amides is 1. The van der Waals surface area contributed by atoms with E-state index < -0.39 is 18.1 Å². The maximum absolute atomic E-state index is 12.7. The molecule has 0 aliphatic heterocycles. The molecular formula is C27H25NO5. The quantitative estimate of drug-likeness (QED) is 0.394. The summed E-state index contributed by atoms with van der Waals surface area (Å²) in [5.74, 6) is -0.545. The Balaban J connectivity index is 1.44. The van der Waals surface area contributed by atoms with Gasteiger partial charge in [-0.25, -0.2) is 9.59 Å². The van der Waals surface area contributed by atoms with Crippen LogP contribution in [-0.4, -0.2) is 36.4 Å². The molecule has 33 heavy (non-hydrogen) atoms. The Morgan fingerprint density at radius 1 is 0.939 bits per heavy atom. The second-order valence-corrected chi connectivity index (χ2v) is 7.81. The van der Waals surface area contributed by atoms with Gasteiger partial charge in [0.2, 0.25) is 0 Å². The van der Waals surface area contributed by atoms with Gasteiger partial charge in [0.25, 0.3) is 0 Å². The highest BCUT2D eigenvalue weighted by Gasteiger charge is 2.30. The van der Waals surface area contributed by atoms with Crippen LogP contribution in [0.15, 0.2) is 85.5 Å². The number of fused-ring (bicyclic) bond motifs is 3. The number of esters is 1. The molecule has 0 unspecified atom stereocenters. The lowest BCUT2D eigenvalue weighted by molar-refractivity contribution is -0.144. The van der Waals surface area contributed by atoms with Gasteiger partial charge in [0.15, 0.2) is 0 Å². The zero-order valence-corrected chi connectivity index (χ0v) is 18.1. The van der Waals surface area contributed by atoms with Crippen molar-refractivity contribution < 1.29 is 24.2 Å². The van der Waals surface area contributed by atoms with Crippen LogP contribution in [0.5, 0.6) is 5.75 Å². The number of aromatic hydroxyl groups is 1. The van der Waals surface area contributed by atoms with E-state index in [0.717, 1.165) is 27.8 Å². The number of ether oxygens (including phenoxy) is 2. The normalized spacial score (nSPS) is 12.8. The highest BCUT2D eigenvalue weighted by Crippen LogP contribution is 2.44. The average Bonchev–Trinajstić information content (AvgIpc) is 3.16. The predicted octanol–water partition coefficient (Wildman–Crippen LogP) is 4.57. The van der Waals surface area contributed by atoms with Gasteiger partial charge in [0.1, 0.15) is 25.0 Å². The number of carbonyl (C=O) groups excluding carboxylic acids is 2. The molecular weight excluding hydrogens is 418 g/mol. The smallest absolute Gasteiger partial charge is 0.407 e. The number of nitrogens with one attached hydrogen (secondary N) is 1. The molecule has 1 aliphatic rings. The minimum atomic E-state index is -0.940. The second kappa shape index (κ2) is 10.0. The summed E-state index contributed by atoms with van der Waals surface area (Å²) >= 11 is 0. The van der Waals surface area contributed by atoms with Crippen LogP contribution in [0.3, 0.4) is 0 Å². The van der Waals surface area contributed by atoms with Crippen LogP contribution in [0.4, 0.5) is 4.79 Å². The van der Waals surface area contributed by atoms with Crippen molar-refractivity contribution in [2.45, 2.75) is 18.4 Å². The number of phenolic OH excluding ortho intramolecular Hbond substituents is 1. The van der Waals surface area contributed by atoms with Gasteiger partial charge in [0.05, 0.1) is 0 Å². The van der Waals surface area contributed by atoms with E-state index in [1.54, 1.807) is 12.1 Å². The molecule has 3 aromatic carbocycles. The van der Waals surface area contributed by atoms with Crippen molar-refractivity contribution in [2.24, 2.45) is 0 Å². The molecule has 6 heteroatoms. The average molecular weight is 443 g/mol. The number of alkyl carbamates (subject to hydrolysis) is 1. The van der Waals surface area contributed by atoms with E-state index >= 15 is 0 Å². The van der Waals surface area contributed by atoms with Crippen LogP contribution < -0.4 is 5.32 Å². The lowest BCUT2D eigenvalue weighted by Crippen LogP contribution is -2.44. The Labute approximate surface area is 192 Å². The van der Waals surface area contributed by atoms with E-state index in [9.17, 15) is 14.7 Å². The van der Waals surface area contributed by atoms with E-state index in [-0.39, 0.29) is 31.3 Å². The third-order valence-electron chi connectivity index (χ3n) is 5.64. The van der Waals surface area contributed by atoms with Gasteiger partial charge >= 0.3 is 12.1 Å². The van der Waals surface area contributed by atoms with Crippen molar-refractivity contribution in [1.82, 2.24) is 5.32 Å². The molecule has 168 valence electrons. The van der Waals surface area contributed by atoms with Crippen LogP contribution in [0.25, 0.3) is 11.1 Å². The topological polar surface area (TPSA) is 84.9 Å². The Bertz CT molecular complexity index is 1110. The molecule has 6 nitrogen and oxygen atoms in total. The van der Waals surface area contributed by atoms with E-state index in [0.29, 0.717) is 0 Å². The largest absolute Gasteiger partial charge is 0.508 e. The molecule has 1 aliphatic carbocycles. The van der Waals surface area contributed by atoms with E-state index in [4.69, 9.17) is 9.47 Å². The van der Waals surface area contributed by atoms with Gasteiger partial charge < -0.3 is 19.9 Å². The summed E-state index contributed by atoms with van der Waals surface area (Å²) in [6.07, 6.45) is 0.958. The number of benzene rings is 3. The summed E-state index contributed by atoms with van der Waals surface area (Å²) in [5.41, 5.74) is 5.25. The fourth-order valence-corrected chi connectivity index (χ4v) is 4.09. The van der Waals surface area contributed by atoms with E-state index in [1.165, 1.54) is 18.2 Å². The third kappa shape index (κ3) is 5.06. The van der Waals surface area contributed by atoms with Gasteiger partial charge in [-0.3, -0.25) is 0 Å². The predicted molar refractivity (Wildman–Crippen MR) is 125 cm³/mol. The summed E-state index contributed by atoms with van der Waals surface area (Å²) in [7, 11) is 0. The molecule has 1 amide bonds. The summed E-state index contributed by atoms with van der Waals surface area (Å²) in [4.78, 5) is 25.2. The van der Waals surface area contributed by atoms with Crippen molar-refractivity contribution in [3.63, 3.8) is 0 Å². The summed E-state index contributed by atoms with van der Waals surface area (Å²) in [6, 6.07) is 21.6. The van der Waals surface area contributed by atoms with E-state index in [1.807, 2.05) is 36.4 Å². The van der Waals surface area contributed by atoms with Gasteiger partial charge in [0, 0.05) is 12.3 Å². The maximum Gasteiger partial charge on any atom is 0.407 e. The summed E-state index contributed by atoms with van der Waals surface area (Å²) in [6.45, 7) is 3.73. The number of hydrogen-bond donors (Lipinski definition) is 2. The van der Waals surface area contributed by atoms with Crippen LogP contribution in [0, 0.1) is 0 Å². The van der Waals surface area contributed by atoms with Crippen LogP contribution >= 0.6 is 0 Å². The van der Waals surface area contributed by atoms with Gasteiger partial charge in [-0.2, -0.15) is 0 Å². The first-order valence-electron chi connectivity index (χ1n) is 10.7. The number of carbonyl (C=O) groups is 2. The van der Waals surface area contributed by atoms with Crippen molar-refractivity contribution >= 4 is 12.1 Å². The molecule has 0 radical (unpaired) electrons. The number of rotatable bonds is 8. The molecule has 0 heterocycles. The SMILES string of the molecule is C=CCOC(=O)[C@@H](Cc1ccc(O)cc1)NC(=O)OCC1c2ccccc2-c2ccccc21. The fourth-order valence-electron chi connectivity index (χ4n) is 4.09. The lowest BCUT2D eigenvalue weighted by atomic mass is 9.98. The summed E-state index contributed by atoms with van der Waals surface area (Å²) in [5, 5.41) is 12.1. The Kier molecular flexibility index (Phi) is 6.74. The van der Waals surface area contributed by atoms with Crippen LogP contribution in [0.1, 0.15) is 22.6 Å². The van der Waals surface area contributed by atoms with Gasteiger partial charge in [-0.05, 0) is 39.9 Å². The zero-order valence-electron chi connectivity index (χ0n) is 18.1. The molecule has 4 rings (SSSR count). The molecule has 0 bridgehead atoms. The third-order valence-corrected chi connectivity index (χ3v) is 5.64. The van der Waals surface area contributed by atoms with E-state index in [2.05, 4.69) is 24.0 Å². The van der Waals surface area contributed by atoms with Crippen molar-refractivity contribution in [3.05, 3.63) is 102 Å². The monoisotopic (exact) mass is 443 g/mol. The number of phenols is 1. The molecule has 0 fully saturated rings. The summed E-state index contributed by atoms with van der Waals surface area (Å²) < 4.78 is 10.7. The molecule has 3 aromatic rings. The van der Waals surface area contributed by atoms with Crippen molar-refractivity contribution in [1.29, 1.82) is 0 Å². The first-order valence-corrected chi connectivity index (χ1v) is 10.7. The maximum atomic E-state index is 12.7. The fraction of sp³-hybridized carbons (Fsp3) is 0.185. The molecule has 0 saturated heterocycles. The highest BCUT2D eigenvalue weighted by atomic mass is 16.6.